The summed E-state index contributed by atoms with van der Waals surface area (Å²) in [7, 11) is 0. The van der Waals surface area contributed by atoms with E-state index in [0.717, 1.165) is 0 Å². The highest BCUT2D eigenvalue weighted by molar-refractivity contribution is 6.30. The number of halogens is 1. The number of carbonyl (C=O) groups is 1. The maximum Gasteiger partial charge on any atom is 0.323 e. The van der Waals surface area contributed by atoms with E-state index in [1.807, 2.05) is 18.2 Å². The van der Waals surface area contributed by atoms with Crippen LogP contribution in [0.2, 0.25) is 5.02 Å². The molecule has 0 atom stereocenters. The number of aromatic nitrogens is 2. The van der Waals surface area contributed by atoms with Crippen LogP contribution >= 0.6 is 11.6 Å². The standard InChI is InChI=1S/C22H17ClN4O3/c23-15-10-11-20-24-17(12-21(28)27(20)13-15)14-30-19-9-5-4-8-18(19)26-22(29)25-16-6-2-1-3-7-16/h1-13H,14H2,(H2,25,26,29). The van der Waals surface area contributed by atoms with Gasteiger partial charge in [0.15, 0.2) is 0 Å². The second-order valence-electron chi connectivity index (χ2n) is 6.39. The van der Waals surface area contributed by atoms with Crippen LogP contribution in [0.25, 0.3) is 5.65 Å². The van der Waals surface area contributed by atoms with Gasteiger partial charge in [-0.25, -0.2) is 9.78 Å². The number of hydrogen-bond donors (Lipinski definition) is 2. The maximum absolute atomic E-state index is 12.3. The van der Waals surface area contributed by atoms with Crippen molar-refractivity contribution in [2.75, 3.05) is 10.6 Å². The maximum atomic E-state index is 12.3. The number of nitrogens with one attached hydrogen (secondary N) is 2. The van der Waals surface area contributed by atoms with E-state index in [9.17, 15) is 9.59 Å². The first kappa shape index (κ1) is 19.5. The third-order valence-electron chi connectivity index (χ3n) is 4.22. The predicted molar refractivity (Wildman–Crippen MR) is 116 cm³/mol. The third-order valence-corrected chi connectivity index (χ3v) is 4.44. The fourth-order valence-electron chi connectivity index (χ4n) is 2.85. The zero-order chi connectivity index (χ0) is 20.9. The molecule has 7 nitrogen and oxygen atoms in total. The molecule has 0 saturated heterocycles. The molecule has 0 aliphatic carbocycles. The van der Waals surface area contributed by atoms with Crippen LogP contribution in [0.15, 0.2) is 83.8 Å². The third kappa shape index (κ3) is 4.59. The molecule has 30 heavy (non-hydrogen) atoms. The number of hydrogen-bond acceptors (Lipinski definition) is 4. The summed E-state index contributed by atoms with van der Waals surface area (Å²) in [6, 6.07) is 20.5. The van der Waals surface area contributed by atoms with Gasteiger partial charge < -0.3 is 15.4 Å². The Morgan fingerprint density at radius 2 is 1.77 bits per heavy atom. The largest absolute Gasteiger partial charge is 0.485 e. The summed E-state index contributed by atoms with van der Waals surface area (Å²) in [5, 5.41) is 5.97. The molecule has 150 valence electrons. The van der Waals surface area contributed by atoms with Crippen molar-refractivity contribution in [1.82, 2.24) is 9.38 Å². The van der Waals surface area contributed by atoms with Gasteiger partial charge in [-0.2, -0.15) is 0 Å². The van der Waals surface area contributed by atoms with E-state index in [-0.39, 0.29) is 12.2 Å². The van der Waals surface area contributed by atoms with E-state index in [1.54, 1.807) is 48.5 Å². The van der Waals surface area contributed by atoms with Gasteiger partial charge in [0.25, 0.3) is 5.56 Å². The minimum Gasteiger partial charge on any atom is -0.485 e. The van der Waals surface area contributed by atoms with Gasteiger partial charge in [0.1, 0.15) is 18.0 Å². The summed E-state index contributed by atoms with van der Waals surface area (Å²) in [5.41, 5.74) is 1.85. The molecule has 0 bridgehead atoms. The first-order valence-electron chi connectivity index (χ1n) is 9.11. The Balaban J connectivity index is 1.48. The molecule has 2 amide bonds. The monoisotopic (exact) mass is 420 g/mol. The number of carbonyl (C=O) groups excluding carboxylic acids is 1. The number of fused-ring (bicyclic) bond motifs is 1. The molecule has 0 fully saturated rings. The Morgan fingerprint density at radius 1 is 1.00 bits per heavy atom. The number of ether oxygens (including phenoxy) is 1. The molecular weight excluding hydrogens is 404 g/mol. The van der Waals surface area contributed by atoms with Crippen molar-refractivity contribution >= 4 is 34.7 Å². The van der Waals surface area contributed by atoms with Gasteiger partial charge in [-0.15, -0.1) is 0 Å². The Hall–Kier alpha value is -3.84. The number of urea groups is 1. The minimum absolute atomic E-state index is 0.0629. The van der Waals surface area contributed by atoms with E-state index < -0.39 is 6.03 Å². The highest BCUT2D eigenvalue weighted by Gasteiger charge is 2.09. The van der Waals surface area contributed by atoms with Crippen LogP contribution < -0.4 is 20.9 Å². The summed E-state index contributed by atoms with van der Waals surface area (Å²) >= 11 is 5.93. The molecule has 0 aliphatic heterocycles. The molecule has 0 saturated carbocycles. The average Bonchev–Trinajstić information content (AvgIpc) is 2.74. The molecule has 2 aromatic heterocycles. The van der Waals surface area contributed by atoms with Gasteiger partial charge >= 0.3 is 6.03 Å². The van der Waals surface area contributed by atoms with E-state index >= 15 is 0 Å². The molecule has 2 N–H and O–H groups in total. The summed E-state index contributed by atoms with van der Waals surface area (Å²) in [6.45, 7) is 0.0629. The number of para-hydroxylation sites is 3. The quantitative estimate of drug-likeness (QED) is 0.495. The zero-order valence-corrected chi connectivity index (χ0v) is 16.5. The topological polar surface area (TPSA) is 84.7 Å². The Bertz CT molecular complexity index is 1260. The van der Waals surface area contributed by atoms with Gasteiger partial charge in [0.2, 0.25) is 0 Å². The summed E-state index contributed by atoms with van der Waals surface area (Å²) in [4.78, 5) is 29.0. The van der Waals surface area contributed by atoms with Crippen molar-refractivity contribution in [3.8, 4) is 5.75 Å². The van der Waals surface area contributed by atoms with Crippen LogP contribution in [0.1, 0.15) is 5.69 Å². The fourth-order valence-corrected chi connectivity index (χ4v) is 3.01. The van der Waals surface area contributed by atoms with Crippen LogP contribution in [0.3, 0.4) is 0 Å². The number of benzene rings is 2. The smallest absolute Gasteiger partial charge is 0.323 e. The minimum atomic E-state index is -0.392. The van der Waals surface area contributed by atoms with Crippen LogP contribution in [-0.2, 0) is 6.61 Å². The lowest BCUT2D eigenvalue weighted by Gasteiger charge is -2.13. The van der Waals surface area contributed by atoms with Crippen molar-refractivity contribution < 1.29 is 9.53 Å². The molecule has 0 radical (unpaired) electrons. The molecule has 4 rings (SSSR count). The number of amides is 2. The van der Waals surface area contributed by atoms with Crippen molar-refractivity contribution in [3.05, 3.63) is 100 Å². The molecule has 2 aromatic carbocycles. The van der Waals surface area contributed by atoms with Crippen molar-refractivity contribution in [2.24, 2.45) is 0 Å². The van der Waals surface area contributed by atoms with Crippen molar-refractivity contribution in [2.45, 2.75) is 6.61 Å². The van der Waals surface area contributed by atoms with Gasteiger partial charge in [0, 0.05) is 18.0 Å². The number of nitrogens with zero attached hydrogens (tertiary/aromatic N) is 2. The van der Waals surface area contributed by atoms with Gasteiger partial charge in [0.05, 0.1) is 16.4 Å². The summed E-state index contributed by atoms with van der Waals surface area (Å²) < 4.78 is 7.19. The van der Waals surface area contributed by atoms with Crippen LogP contribution in [0.5, 0.6) is 5.75 Å². The highest BCUT2D eigenvalue weighted by atomic mass is 35.5. The average molecular weight is 421 g/mol. The lowest BCUT2D eigenvalue weighted by Crippen LogP contribution is -2.20. The van der Waals surface area contributed by atoms with Gasteiger partial charge in [-0.3, -0.25) is 9.20 Å². The van der Waals surface area contributed by atoms with Gasteiger partial charge in [-0.05, 0) is 36.4 Å². The molecule has 0 aliphatic rings. The molecular formula is C22H17ClN4O3. The SMILES string of the molecule is O=C(Nc1ccccc1)Nc1ccccc1OCc1cc(=O)n2cc(Cl)ccc2n1. The second-order valence-corrected chi connectivity index (χ2v) is 6.83. The first-order chi connectivity index (χ1) is 14.6. The van der Waals surface area contributed by atoms with Crippen LogP contribution in [-0.4, -0.2) is 15.4 Å². The van der Waals surface area contributed by atoms with Crippen LogP contribution in [0, 0.1) is 0 Å². The summed E-state index contributed by atoms with van der Waals surface area (Å²) in [6.07, 6.45) is 1.52. The van der Waals surface area contributed by atoms with E-state index in [0.29, 0.717) is 33.5 Å². The second kappa shape index (κ2) is 8.67. The molecule has 2 heterocycles. The number of pyridine rings is 1. The van der Waals surface area contributed by atoms with Gasteiger partial charge in [-0.1, -0.05) is 41.9 Å². The highest BCUT2D eigenvalue weighted by Crippen LogP contribution is 2.25. The summed E-state index contributed by atoms with van der Waals surface area (Å²) in [5.74, 6) is 0.457. The van der Waals surface area contributed by atoms with Crippen molar-refractivity contribution in [1.29, 1.82) is 0 Å². The van der Waals surface area contributed by atoms with E-state index in [4.69, 9.17) is 16.3 Å². The zero-order valence-electron chi connectivity index (χ0n) is 15.7. The van der Waals surface area contributed by atoms with E-state index in [1.165, 1.54) is 16.7 Å². The lowest BCUT2D eigenvalue weighted by atomic mass is 10.3. The lowest BCUT2D eigenvalue weighted by molar-refractivity contribution is 0.261. The fraction of sp³-hybridized carbons (Fsp3) is 0.0455. The molecule has 0 spiro atoms. The first-order valence-corrected chi connectivity index (χ1v) is 9.49. The molecule has 8 heteroatoms. The normalized spacial score (nSPS) is 10.6. The number of rotatable bonds is 5. The Labute approximate surface area is 176 Å². The Kier molecular flexibility index (Phi) is 5.63. The molecule has 4 aromatic rings. The predicted octanol–water partition coefficient (Wildman–Crippen LogP) is 4.57. The van der Waals surface area contributed by atoms with Crippen LogP contribution in [0.4, 0.5) is 16.2 Å². The molecule has 0 unspecified atom stereocenters. The van der Waals surface area contributed by atoms with Crippen molar-refractivity contribution in [3.63, 3.8) is 0 Å². The van der Waals surface area contributed by atoms with E-state index in [2.05, 4.69) is 15.6 Å². The number of anilines is 2. The Morgan fingerprint density at radius 3 is 2.60 bits per heavy atom.